The van der Waals surface area contributed by atoms with Crippen LogP contribution >= 0.6 is 0 Å². The van der Waals surface area contributed by atoms with Crippen LogP contribution in [0, 0.1) is 11.3 Å². The summed E-state index contributed by atoms with van der Waals surface area (Å²) in [5, 5.41) is 21.6. The van der Waals surface area contributed by atoms with Gasteiger partial charge in [0.1, 0.15) is 17.6 Å². The fourth-order valence-electron chi connectivity index (χ4n) is 4.42. The summed E-state index contributed by atoms with van der Waals surface area (Å²) >= 11 is 0. The van der Waals surface area contributed by atoms with E-state index < -0.39 is 5.60 Å². The highest BCUT2D eigenvalue weighted by Gasteiger charge is 2.27. The van der Waals surface area contributed by atoms with Gasteiger partial charge in [-0.3, -0.25) is 4.98 Å². The normalized spacial score (nSPS) is 15.0. The van der Waals surface area contributed by atoms with Crippen molar-refractivity contribution in [3.8, 4) is 0 Å². The minimum atomic E-state index is -0.477. The number of carbonyl (C=O) groups is 1. The van der Waals surface area contributed by atoms with E-state index >= 15 is 0 Å². The quantitative estimate of drug-likeness (QED) is 0.365. The Morgan fingerprint density at radius 3 is 2.64 bits per heavy atom. The number of quaternary nitrogens is 1. The molecule has 10 nitrogen and oxygen atoms in total. The number of allylic oxidation sites excluding steroid dienone is 1. The Labute approximate surface area is 229 Å². The molecule has 1 amide bonds. The van der Waals surface area contributed by atoms with E-state index in [2.05, 4.69) is 39.7 Å². The van der Waals surface area contributed by atoms with Crippen LogP contribution in [-0.4, -0.2) is 62.6 Å². The van der Waals surface area contributed by atoms with E-state index in [0.29, 0.717) is 36.6 Å². The molecule has 4 N–H and O–H groups in total. The first kappa shape index (κ1) is 28.1. The van der Waals surface area contributed by atoms with Crippen molar-refractivity contribution in [2.45, 2.75) is 59.0 Å². The van der Waals surface area contributed by atoms with Crippen molar-refractivity contribution in [1.29, 1.82) is 5.41 Å². The third-order valence-corrected chi connectivity index (χ3v) is 6.66. The minimum absolute atomic E-state index is 0.233. The van der Waals surface area contributed by atoms with Gasteiger partial charge in [-0.05, 0) is 69.4 Å². The molecule has 1 aliphatic rings. The number of amides is 1. The number of hydrogen-bond acceptors (Lipinski definition) is 8. The Hall–Kier alpha value is -3.92. The summed E-state index contributed by atoms with van der Waals surface area (Å²) in [6.45, 7) is 12.2. The summed E-state index contributed by atoms with van der Waals surface area (Å²) in [5.74, 6) is 2.14. The Balaban J connectivity index is 1.37. The number of carbonyl (C=O) groups excluding carboxylic acids is 1. The van der Waals surface area contributed by atoms with Crippen molar-refractivity contribution in [2.75, 3.05) is 25.0 Å². The van der Waals surface area contributed by atoms with E-state index in [1.54, 1.807) is 17.3 Å². The van der Waals surface area contributed by atoms with E-state index in [1.807, 2.05) is 51.2 Å². The summed E-state index contributed by atoms with van der Waals surface area (Å²) in [4.78, 5) is 23.4. The van der Waals surface area contributed by atoms with Crippen LogP contribution in [0.5, 0.6) is 0 Å². The topological polar surface area (TPSA) is 134 Å². The van der Waals surface area contributed by atoms with Gasteiger partial charge in [0.15, 0.2) is 5.82 Å². The molecule has 1 aliphatic heterocycles. The lowest BCUT2D eigenvalue weighted by Gasteiger charge is -2.32. The predicted molar refractivity (Wildman–Crippen MR) is 153 cm³/mol. The van der Waals surface area contributed by atoms with Crippen molar-refractivity contribution < 1.29 is 14.8 Å². The van der Waals surface area contributed by atoms with Gasteiger partial charge in [0.25, 0.3) is 0 Å². The van der Waals surface area contributed by atoms with Crippen LogP contribution in [0.4, 0.5) is 16.4 Å². The van der Waals surface area contributed by atoms with Gasteiger partial charge in [-0.25, -0.2) is 9.78 Å². The SMILES string of the molecule is CC(C)c1cnnc(Nc2ccc3ncc(/C(C=N)=C/[NH2+]CC4CCN(C(=O)OC(C)(C)C)CC4)cc3n2)c1. The molecule has 0 bridgehead atoms. The maximum atomic E-state index is 12.3. The van der Waals surface area contributed by atoms with E-state index in [1.165, 1.54) is 6.21 Å². The standard InChI is InChI=1S/C29H38N8O2/c1-19(2)21-13-27(36-33-18-21)35-26-7-6-24-25(34-26)12-22(17-32-24)23(14-30)16-31-15-20-8-10-37(11-9-20)28(38)39-29(3,4)5/h6-7,12-14,16-20,30-31H,8-11,15H2,1-5H3,(H,34,35,36)/p+1/b23-16+,30-14?. The number of nitrogens with zero attached hydrogens (tertiary/aromatic N) is 5. The molecule has 3 aromatic heterocycles. The number of nitrogens with one attached hydrogen (secondary N) is 2. The molecule has 10 heteroatoms. The van der Waals surface area contributed by atoms with Crippen LogP contribution in [0.15, 0.2) is 42.9 Å². The zero-order valence-electron chi connectivity index (χ0n) is 23.4. The highest BCUT2D eigenvalue weighted by molar-refractivity contribution is 6.08. The van der Waals surface area contributed by atoms with Crippen LogP contribution < -0.4 is 10.6 Å². The Kier molecular flexibility index (Phi) is 8.86. The van der Waals surface area contributed by atoms with Gasteiger partial charge < -0.3 is 25.7 Å². The maximum absolute atomic E-state index is 12.3. The Morgan fingerprint density at radius 1 is 1.18 bits per heavy atom. The second-order valence-electron chi connectivity index (χ2n) is 11.3. The lowest BCUT2D eigenvalue weighted by atomic mass is 9.97. The summed E-state index contributed by atoms with van der Waals surface area (Å²) < 4.78 is 5.49. The van der Waals surface area contributed by atoms with E-state index in [9.17, 15) is 4.79 Å². The number of pyridine rings is 2. The van der Waals surface area contributed by atoms with Gasteiger partial charge in [0, 0.05) is 37.0 Å². The van der Waals surface area contributed by atoms with Gasteiger partial charge in [-0.15, -0.1) is 5.10 Å². The second kappa shape index (κ2) is 12.3. The van der Waals surface area contributed by atoms with Crippen LogP contribution in [0.3, 0.4) is 0 Å². The summed E-state index contributed by atoms with van der Waals surface area (Å²) in [6, 6.07) is 7.71. The van der Waals surface area contributed by atoms with Gasteiger partial charge in [-0.1, -0.05) is 13.8 Å². The number of nitrogens with two attached hydrogens (primary N) is 1. The van der Waals surface area contributed by atoms with Crippen LogP contribution in [-0.2, 0) is 4.74 Å². The molecule has 0 aliphatic carbocycles. The molecule has 1 saturated heterocycles. The van der Waals surface area contributed by atoms with Gasteiger partial charge in [-0.2, -0.15) is 5.10 Å². The first-order valence-electron chi connectivity index (χ1n) is 13.5. The van der Waals surface area contributed by atoms with Crippen molar-refractivity contribution in [3.63, 3.8) is 0 Å². The number of hydrogen-bond donors (Lipinski definition) is 3. The monoisotopic (exact) mass is 531 g/mol. The van der Waals surface area contributed by atoms with Crippen LogP contribution in [0.1, 0.15) is 64.5 Å². The molecule has 0 spiro atoms. The third kappa shape index (κ3) is 7.79. The summed E-state index contributed by atoms with van der Waals surface area (Å²) in [5.41, 5.74) is 3.73. The smallest absolute Gasteiger partial charge is 0.410 e. The molecular formula is C29H39N8O2+. The second-order valence-corrected chi connectivity index (χ2v) is 11.3. The number of likely N-dealkylation sites (tertiary alicyclic amines) is 1. The van der Waals surface area contributed by atoms with Crippen molar-refractivity contribution in [3.05, 3.63) is 54.0 Å². The zero-order chi connectivity index (χ0) is 28.0. The van der Waals surface area contributed by atoms with Gasteiger partial charge in [0.2, 0.25) is 0 Å². The van der Waals surface area contributed by atoms with Crippen molar-refractivity contribution >= 4 is 40.6 Å². The van der Waals surface area contributed by atoms with Gasteiger partial charge in [0.05, 0.1) is 29.3 Å². The molecule has 0 unspecified atom stereocenters. The number of rotatable bonds is 8. The van der Waals surface area contributed by atoms with Crippen molar-refractivity contribution in [2.24, 2.45) is 5.92 Å². The fraction of sp³-hybridized carbons (Fsp3) is 0.448. The number of aromatic nitrogens is 4. The van der Waals surface area contributed by atoms with Crippen LogP contribution in [0.2, 0.25) is 0 Å². The Bertz CT molecular complexity index is 1340. The zero-order valence-corrected chi connectivity index (χ0v) is 23.4. The summed E-state index contributed by atoms with van der Waals surface area (Å²) in [7, 11) is 0. The lowest BCUT2D eigenvalue weighted by molar-refractivity contribution is -0.594. The first-order valence-corrected chi connectivity index (χ1v) is 13.5. The molecule has 206 valence electrons. The number of fused-ring (bicyclic) bond motifs is 1. The molecule has 1 fully saturated rings. The lowest BCUT2D eigenvalue weighted by Crippen LogP contribution is -2.80. The minimum Gasteiger partial charge on any atom is -0.444 e. The molecule has 3 aromatic rings. The molecule has 0 saturated carbocycles. The fourth-order valence-corrected chi connectivity index (χ4v) is 4.42. The predicted octanol–water partition coefficient (Wildman–Crippen LogP) is 4.49. The molecule has 4 rings (SSSR count). The van der Waals surface area contributed by atoms with E-state index in [0.717, 1.165) is 47.1 Å². The highest BCUT2D eigenvalue weighted by Crippen LogP contribution is 2.22. The average Bonchev–Trinajstić information content (AvgIpc) is 2.90. The highest BCUT2D eigenvalue weighted by atomic mass is 16.6. The number of ether oxygens (including phenoxy) is 1. The summed E-state index contributed by atoms with van der Waals surface area (Å²) in [6.07, 6.45) is 8.51. The maximum Gasteiger partial charge on any atom is 0.410 e. The molecule has 0 atom stereocenters. The van der Waals surface area contributed by atoms with E-state index in [-0.39, 0.29) is 6.09 Å². The van der Waals surface area contributed by atoms with Gasteiger partial charge >= 0.3 is 6.09 Å². The molecule has 0 aromatic carbocycles. The first-order chi connectivity index (χ1) is 18.6. The molecule has 39 heavy (non-hydrogen) atoms. The Morgan fingerprint density at radius 2 is 1.95 bits per heavy atom. The number of piperidine rings is 1. The molecule has 0 radical (unpaired) electrons. The third-order valence-electron chi connectivity index (χ3n) is 6.66. The number of anilines is 2. The van der Waals surface area contributed by atoms with Crippen LogP contribution in [0.25, 0.3) is 16.6 Å². The van der Waals surface area contributed by atoms with E-state index in [4.69, 9.17) is 15.1 Å². The van der Waals surface area contributed by atoms with Crippen molar-refractivity contribution in [1.82, 2.24) is 25.1 Å². The average molecular weight is 532 g/mol. The molecule has 4 heterocycles. The largest absolute Gasteiger partial charge is 0.444 e. The molecular weight excluding hydrogens is 492 g/mol.